The van der Waals surface area contributed by atoms with Gasteiger partial charge in [-0.05, 0) is 66.9 Å². The zero-order valence-electron chi connectivity index (χ0n) is 15.6. The number of ether oxygens (including phenoxy) is 1. The summed E-state index contributed by atoms with van der Waals surface area (Å²) in [6.07, 6.45) is 2.01. The molecule has 0 atom stereocenters. The summed E-state index contributed by atoms with van der Waals surface area (Å²) in [5.74, 6) is 1.31. The molecule has 3 aromatic rings. The third-order valence-corrected chi connectivity index (χ3v) is 6.12. The van der Waals surface area contributed by atoms with Crippen molar-refractivity contribution >= 4 is 46.7 Å². The maximum Gasteiger partial charge on any atom is 0.255 e. The number of thioether (sulfide) groups is 2. The standard InChI is InChI=1S/C22H20ClNO2S2/c1-26-21-11-6-15(22(25)24-18-4-3-5-20(13-18)27-2)12-16(21)14-28-19-9-7-17(23)8-10-19/h3-13H,14H2,1-2H3,(H,24,25). The molecule has 28 heavy (non-hydrogen) atoms. The lowest BCUT2D eigenvalue weighted by Gasteiger charge is -2.12. The minimum atomic E-state index is -0.140. The second kappa shape index (κ2) is 9.92. The molecule has 0 saturated heterocycles. The summed E-state index contributed by atoms with van der Waals surface area (Å²) in [6, 6.07) is 21.0. The van der Waals surface area contributed by atoms with Crippen molar-refractivity contribution < 1.29 is 9.53 Å². The van der Waals surface area contributed by atoms with Crippen LogP contribution in [0.2, 0.25) is 5.02 Å². The van der Waals surface area contributed by atoms with Crippen LogP contribution in [0, 0.1) is 0 Å². The Morgan fingerprint density at radius 2 is 1.82 bits per heavy atom. The lowest BCUT2D eigenvalue weighted by atomic mass is 10.1. The maximum absolute atomic E-state index is 12.7. The topological polar surface area (TPSA) is 38.3 Å². The molecule has 0 aliphatic heterocycles. The molecule has 0 heterocycles. The van der Waals surface area contributed by atoms with E-state index >= 15 is 0 Å². The Balaban J connectivity index is 1.75. The number of methoxy groups -OCH3 is 1. The fourth-order valence-corrected chi connectivity index (χ4v) is 4.09. The number of anilines is 1. The second-order valence-corrected chi connectivity index (χ2v) is 8.32. The fourth-order valence-electron chi connectivity index (χ4n) is 2.63. The first-order chi connectivity index (χ1) is 13.6. The SMILES string of the molecule is COc1ccc(C(=O)Nc2cccc(SC)c2)cc1CSc1ccc(Cl)cc1. The highest BCUT2D eigenvalue weighted by Crippen LogP contribution is 2.30. The van der Waals surface area contributed by atoms with Crippen molar-refractivity contribution in [1.29, 1.82) is 0 Å². The van der Waals surface area contributed by atoms with Crippen LogP contribution in [0.25, 0.3) is 0 Å². The molecule has 1 amide bonds. The van der Waals surface area contributed by atoms with Gasteiger partial charge >= 0.3 is 0 Å². The van der Waals surface area contributed by atoms with E-state index in [0.29, 0.717) is 16.3 Å². The number of amides is 1. The average molecular weight is 430 g/mol. The van der Waals surface area contributed by atoms with E-state index in [1.165, 1.54) is 0 Å². The molecule has 0 radical (unpaired) electrons. The van der Waals surface area contributed by atoms with E-state index in [2.05, 4.69) is 5.32 Å². The molecular weight excluding hydrogens is 410 g/mol. The Labute approximate surface area is 178 Å². The van der Waals surface area contributed by atoms with E-state index in [1.807, 2.05) is 66.9 Å². The summed E-state index contributed by atoms with van der Waals surface area (Å²) in [6.45, 7) is 0. The minimum absolute atomic E-state index is 0.140. The Morgan fingerprint density at radius 1 is 1.04 bits per heavy atom. The monoisotopic (exact) mass is 429 g/mol. The van der Waals surface area contributed by atoms with E-state index in [1.54, 1.807) is 36.7 Å². The van der Waals surface area contributed by atoms with Crippen LogP contribution in [0.1, 0.15) is 15.9 Å². The molecule has 0 spiro atoms. The third-order valence-electron chi connectivity index (χ3n) is 4.08. The summed E-state index contributed by atoms with van der Waals surface area (Å²) in [7, 11) is 1.64. The summed E-state index contributed by atoms with van der Waals surface area (Å²) < 4.78 is 5.47. The number of nitrogens with one attached hydrogen (secondary N) is 1. The van der Waals surface area contributed by atoms with E-state index in [4.69, 9.17) is 16.3 Å². The Hall–Kier alpha value is -2.08. The van der Waals surface area contributed by atoms with Gasteiger partial charge in [0, 0.05) is 37.4 Å². The van der Waals surface area contributed by atoms with Gasteiger partial charge in [-0.2, -0.15) is 0 Å². The van der Waals surface area contributed by atoms with E-state index in [-0.39, 0.29) is 5.91 Å². The average Bonchev–Trinajstić information content (AvgIpc) is 2.73. The first-order valence-corrected chi connectivity index (χ1v) is 11.2. The van der Waals surface area contributed by atoms with Crippen LogP contribution < -0.4 is 10.1 Å². The molecule has 0 unspecified atom stereocenters. The Morgan fingerprint density at radius 3 is 2.54 bits per heavy atom. The Kier molecular flexibility index (Phi) is 7.31. The molecular formula is C22H20ClNO2S2. The zero-order chi connectivity index (χ0) is 19.9. The van der Waals surface area contributed by atoms with E-state index in [9.17, 15) is 4.79 Å². The van der Waals surface area contributed by atoms with Crippen LogP contribution in [-0.2, 0) is 5.75 Å². The molecule has 0 aliphatic rings. The number of halogens is 1. The van der Waals surface area contributed by atoms with E-state index in [0.717, 1.165) is 26.8 Å². The third kappa shape index (κ3) is 5.47. The second-order valence-electron chi connectivity index (χ2n) is 5.96. The van der Waals surface area contributed by atoms with Gasteiger partial charge < -0.3 is 10.1 Å². The zero-order valence-corrected chi connectivity index (χ0v) is 18.0. The highest BCUT2D eigenvalue weighted by Gasteiger charge is 2.11. The Bertz CT molecular complexity index is 961. The van der Waals surface area contributed by atoms with Gasteiger partial charge in [-0.3, -0.25) is 4.79 Å². The van der Waals surface area contributed by atoms with Gasteiger partial charge in [-0.15, -0.1) is 23.5 Å². The molecule has 0 aromatic heterocycles. The largest absolute Gasteiger partial charge is 0.496 e. The van der Waals surface area contributed by atoms with Crippen LogP contribution >= 0.6 is 35.1 Å². The number of hydrogen-bond donors (Lipinski definition) is 1. The van der Waals surface area contributed by atoms with Crippen LogP contribution in [0.3, 0.4) is 0 Å². The molecule has 3 rings (SSSR count). The van der Waals surface area contributed by atoms with Gasteiger partial charge in [-0.25, -0.2) is 0 Å². The van der Waals surface area contributed by atoms with Crippen molar-refractivity contribution in [2.45, 2.75) is 15.5 Å². The normalized spacial score (nSPS) is 10.5. The van der Waals surface area contributed by atoms with Crippen LogP contribution in [0.15, 0.2) is 76.5 Å². The maximum atomic E-state index is 12.7. The van der Waals surface area contributed by atoms with Gasteiger partial charge in [0.15, 0.2) is 0 Å². The number of rotatable bonds is 7. The van der Waals surface area contributed by atoms with Crippen LogP contribution in [0.5, 0.6) is 5.75 Å². The highest BCUT2D eigenvalue weighted by molar-refractivity contribution is 7.98. The van der Waals surface area contributed by atoms with Crippen LogP contribution in [-0.4, -0.2) is 19.3 Å². The number of hydrogen-bond acceptors (Lipinski definition) is 4. The van der Waals surface area contributed by atoms with Crippen molar-refractivity contribution in [2.24, 2.45) is 0 Å². The minimum Gasteiger partial charge on any atom is -0.496 e. The molecule has 0 saturated carbocycles. The molecule has 1 N–H and O–H groups in total. The van der Waals surface area contributed by atoms with E-state index < -0.39 is 0 Å². The summed E-state index contributed by atoms with van der Waals surface area (Å²) >= 11 is 9.25. The number of carbonyl (C=O) groups is 1. The molecule has 3 aromatic carbocycles. The lowest BCUT2D eigenvalue weighted by molar-refractivity contribution is 0.102. The van der Waals surface area contributed by atoms with Crippen LogP contribution in [0.4, 0.5) is 5.69 Å². The predicted octanol–water partition coefficient (Wildman–Crippen LogP) is 6.62. The van der Waals surface area contributed by atoms with Crippen molar-refractivity contribution in [3.05, 3.63) is 82.9 Å². The van der Waals surface area contributed by atoms with Gasteiger partial charge in [0.05, 0.1) is 7.11 Å². The molecule has 144 valence electrons. The first kappa shape index (κ1) is 20.6. The molecule has 0 aliphatic carbocycles. The first-order valence-electron chi connectivity index (χ1n) is 8.59. The van der Waals surface area contributed by atoms with Gasteiger partial charge in [0.1, 0.15) is 5.75 Å². The van der Waals surface area contributed by atoms with Gasteiger partial charge in [0.2, 0.25) is 0 Å². The summed E-state index contributed by atoms with van der Waals surface area (Å²) in [5, 5.41) is 3.68. The highest BCUT2D eigenvalue weighted by atomic mass is 35.5. The summed E-state index contributed by atoms with van der Waals surface area (Å²) in [4.78, 5) is 14.9. The smallest absolute Gasteiger partial charge is 0.255 e. The molecule has 0 bridgehead atoms. The molecule has 0 fully saturated rings. The molecule has 3 nitrogen and oxygen atoms in total. The number of carbonyl (C=O) groups excluding carboxylic acids is 1. The van der Waals surface area contributed by atoms with Crippen molar-refractivity contribution in [3.63, 3.8) is 0 Å². The lowest BCUT2D eigenvalue weighted by Crippen LogP contribution is -2.12. The fraction of sp³-hybridized carbons (Fsp3) is 0.136. The molecule has 6 heteroatoms. The van der Waals surface area contributed by atoms with Gasteiger partial charge in [-0.1, -0.05) is 17.7 Å². The van der Waals surface area contributed by atoms with Crippen molar-refractivity contribution in [2.75, 3.05) is 18.7 Å². The van der Waals surface area contributed by atoms with Gasteiger partial charge in [0.25, 0.3) is 5.91 Å². The van der Waals surface area contributed by atoms with Crippen molar-refractivity contribution in [3.8, 4) is 5.75 Å². The van der Waals surface area contributed by atoms with Crippen molar-refractivity contribution in [1.82, 2.24) is 0 Å². The summed E-state index contributed by atoms with van der Waals surface area (Å²) in [5.41, 5.74) is 2.35. The quantitative estimate of drug-likeness (QED) is 0.428. The predicted molar refractivity (Wildman–Crippen MR) is 120 cm³/mol. The number of benzene rings is 3.